The lowest BCUT2D eigenvalue weighted by Gasteiger charge is -2.44. The van der Waals surface area contributed by atoms with Gasteiger partial charge in [-0.05, 0) is 37.2 Å². The first kappa shape index (κ1) is 55.5. The molecule has 0 unspecified atom stereocenters. The van der Waals surface area contributed by atoms with Crippen LogP contribution in [0.5, 0.6) is 0 Å². The standard InChI is InChI=1S/C27H33N3O5Si.C27H31N3O5Si.CH4/c2*1-27(2,3)36(22-10-6-4-7-11-22,23-12-8-5-9-13-23)35-21-16-20(19-31)30(17-21)25(33)18-29-15-14-24(32)28-26(29)34;/h4-15,20-21,31H,16-19H2,1-3H3,(H,28,32,34);4-15,19-21H,16-18H2,1-3H3,(H,28,32,34);1H4/t2*20-,21+;/m00./s1. The molecule has 4 atom stereocenters. The van der Waals surface area contributed by atoms with Crippen LogP contribution in [0.3, 0.4) is 0 Å². The monoisotopic (exact) mass is 1030 g/mol. The van der Waals surface area contributed by atoms with Crippen molar-refractivity contribution in [3.63, 3.8) is 0 Å². The van der Waals surface area contributed by atoms with Crippen LogP contribution in [0.2, 0.25) is 10.1 Å². The highest BCUT2D eigenvalue weighted by atomic mass is 28.4. The maximum Gasteiger partial charge on any atom is 0.328 e. The molecule has 6 aromatic rings. The number of aromatic nitrogens is 4. The van der Waals surface area contributed by atoms with Crippen molar-refractivity contribution in [2.75, 3.05) is 19.7 Å². The Bertz CT molecular complexity index is 2970. The van der Waals surface area contributed by atoms with Gasteiger partial charge in [0.25, 0.3) is 27.8 Å². The number of carbonyl (C=O) groups is 3. The smallest absolute Gasteiger partial charge is 0.328 e. The molecule has 2 saturated heterocycles. The number of carbonyl (C=O) groups excluding carboxylic acids is 3. The predicted octanol–water partition coefficient (Wildman–Crippen LogP) is 2.99. The van der Waals surface area contributed by atoms with Crippen LogP contribution in [-0.4, -0.2) is 113 Å². The van der Waals surface area contributed by atoms with Gasteiger partial charge in [0, 0.05) is 44.0 Å². The summed E-state index contributed by atoms with van der Waals surface area (Å²) in [6.45, 7) is 13.0. The lowest BCUT2D eigenvalue weighted by atomic mass is 10.2. The van der Waals surface area contributed by atoms with Crippen LogP contribution in [-0.2, 0) is 36.3 Å². The van der Waals surface area contributed by atoms with E-state index in [4.69, 9.17) is 8.85 Å². The summed E-state index contributed by atoms with van der Waals surface area (Å²) >= 11 is 0. The van der Waals surface area contributed by atoms with E-state index in [0.717, 1.165) is 36.2 Å². The Hall–Kier alpha value is -6.84. The van der Waals surface area contributed by atoms with Crippen LogP contribution in [0.1, 0.15) is 61.8 Å². The highest BCUT2D eigenvalue weighted by Gasteiger charge is 2.54. The van der Waals surface area contributed by atoms with Gasteiger partial charge in [-0.25, -0.2) is 9.59 Å². The van der Waals surface area contributed by atoms with Gasteiger partial charge in [0.15, 0.2) is 0 Å². The average Bonchev–Trinajstić information content (AvgIpc) is 3.98. The predicted molar refractivity (Wildman–Crippen MR) is 288 cm³/mol. The third-order valence-electron chi connectivity index (χ3n) is 13.6. The molecule has 0 aliphatic carbocycles. The van der Waals surface area contributed by atoms with Crippen LogP contribution in [0.4, 0.5) is 0 Å². The molecule has 2 fully saturated rings. The molecule has 8 rings (SSSR count). The molecule has 16 nitrogen and oxygen atoms in total. The van der Waals surface area contributed by atoms with Gasteiger partial charge in [-0.3, -0.25) is 38.3 Å². The van der Waals surface area contributed by atoms with Gasteiger partial charge in [0.1, 0.15) is 19.4 Å². The summed E-state index contributed by atoms with van der Waals surface area (Å²) in [4.78, 5) is 92.6. The van der Waals surface area contributed by atoms with Crippen molar-refractivity contribution in [1.29, 1.82) is 0 Å². The van der Waals surface area contributed by atoms with E-state index in [2.05, 4.69) is 100 Å². The molecule has 18 heteroatoms. The van der Waals surface area contributed by atoms with Crippen molar-refractivity contribution in [2.45, 2.75) is 109 Å². The Morgan fingerprint density at radius 2 is 0.918 bits per heavy atom. The Morgan fingerprint density at radius 1 is 0.575 bits per heavy atom. The third-order valence-corrected chi connectivity index (χ3v) is 23.8. The minimum Gasteiger partial charge on any atom is -0.403 e. The first-order chi connectivity index (χ1) is 34.3. The molecule has 4 heterocycles. The molecular formula is C55H68N6O10Si2. The summed E-state index contributed by atoms with van der Waals surface area (Å²) < 4.78 is 16.6. The zero-order chi connectivity index (χ0) is 51.8. The molecule has 2 aliphatic rings. The maximum absolute atomic E-state index is 13.2. The highest BCUT2D eigenvalue weighted by Crippen LogP contribution is 2.40. The van der Waals surface area contributed by atoms with Crippen molar-refractivity contribution >= 4 is 55.5 Å². The summed E-state index contributed by atoms with van der Waals surface area (Å²) in [6.07, 6.45) is 3.57. The third kappa shape index (κ3) is 12.0. The van der Waals surface area contributed by atoms with Gasteiger partial charge < -0.3 is 28.6 Å². The number of aliphatic hydroxyl groups excluding tert-OH is 1. The number of nitrogens with one attached hydrogen (secondary N) is 2. The summed E-state index contributed by atoms with van der Waals surface area (Å²) in [5.74, 6) is -0.688. The molecule has 2 aliphatic heterocycles. The second kappa shape index (κ2) is 23.4. The lowest BCUT2D eigenvalue weighted by Crippen LogP contribution is -2.67. The second-order valence-corrected chi connectivity index (χ2v) is 28.9. The van der Waals surface area contributed by atoms with Crippen LogP contribution < -0.4 is 43.2 Å². The molecule has 386 valence electrons. The summed E-state index contributed by atoms with van der Waals surface area (Å²) in [7, 11) is -5.68. The SMILES string of the molecule is C.CC(C)(C)[Si](O[C@@H]1C[C@@H](C=O)N(C(=O)Cn2ccc(=O)[nH]c2=O)C1)(c1ccccc1)c1ccccc1.CC(C)(C)[Si](O[C@@H]1C[C@@H](CO)N(C(=O)Cn2ccc(=O)[nH]c2=O)C1)(c1ccccc1)c1ccccc1. The number of likely N-dealkylation sites (tertiary alicyclic amines) is 2. The summed E-state index contributed by atoms with van der Waals surface area (Å²) in [5.41, 5.74) is -2.36. The van der Waals surface area contributed by atoms with Crippen molar-refractivity contribution in [3.05, 3.63) is 188 Å². The van der Waals surface area contributed by atoms with Crippen molar-refractivity contribution in [1.82, 2.24) is 28.9 Å². The fourth-order valence-corrected chi connectivity index (χ4v) is 19.6. The van der Waals surface area contributed by atoms with E-state index in [1.807, 2.05) is 72.8 Å². The van der Waals surface area contributed by atoms with Gasteiger partial charge in [0.05, 0.1) is 30.9 Å². The van der Waals surface area contributed by atoms with Gasteiger partial charge in [-0.1, -0.05) is 170 Å². The van der Waals surface area contributed by atoms with Crippen LogP contribution in [0.25, 0.3) is 0 Å². The molecule has 0 spiro atoms. The first-order valence-corrected chi connectivity index (χ1v) is 27.9. The van der Waals surface area contributed by atoms with Crippen molar-refractivity contribution in [2.24, 2.45) is 0 Å². The quantitative estimate of drug-likeness (QED) is 0.108. The van der Waals surface area contributed by atoms with Gasteiger partial charge in [-0.2, -0.15) is 0 Å². The molecule has 2 amide bonds. The van der Waals surface area contributed by atoms with Gasteiger partial charge in [-0.15, -0.1) is 0 Å². The van der Waals surface area contributed by atoms with Crippen LogP contribution in [0.15, 0.2) is 165 Å². The van der Waals surface area contributed by atoms with Crippen LogP contribution >= 0.6 is 0 Å². The van der Waals surface area contributed by atoms with Gasteiger partial charge in [0.2, 0.25) is 11.8 Å². The number of aliphatic hydroxyl groups is 1. The molecule has 2 aromatic heterocycles. The zero-order valence-electron chi connectivity index (χ0n) is 41.6. The average molecular weight is 1030 g/mol. The molecule has 3 N–H and O–H groups in total. The normalized spacial score (nSPS) is 18.1. The topological polar surface area (TPSA) is 206 Å². The zero-order valence-corrected chi connectivity index (χ0v) is 43.6. The lowest BCUT2D eigenvalue weighted by molar-refractivity contribution is -0.135. The van der Waals surface area contributed by atoms with E-state index in [1.54, 1.807) is 4.90 Å². The fourth-order valence-electron chi connectivity index (χ4n) is 10.3. The molecule has 0 saturated carbocycles. The van der Waals surface area contributed by atoms with Crippen molar-refractivity contribution in [3.8, 4) is 0 Å². The maximum atomic E-state index is 13.2. The Balaban J connectivity index is 0.000000235. The molecular weight excluding hydrogens is 961 g/mol. The molecule has 0 bridgehead atoms. The summed E-state index contributed by atoms with van der Waals surface area (Å²) in [5, 5.41) is 14.2. The largest absolute Gasteiger partial charge is 0.403 e. The van der Waals surface area contributed by atoms with E-state index < -0.39 is 51.2 Å². The van der Waals surface area contributed by atoms with E-state index in [-0.39, 0.29) is 67.8 Å². The number of hydrogen-bond donors (Lipinski definition) is 3. The van der Waals surface area contributed by atoms with E-state index >= 15 is 0 Å². The number of hydrogen-bond acceptors (Lipinski definition) is 10. The molecule has 0 radical (unpaired) electrons. The van der Waals surface area contributed by atoms with E-state index in [0.29, 0.717) is 19.4 Å². The number of aldehydes is 1. The van der Waals surface area contributed by atoms with E-state index in [9.17, 15) is 38.7 Å². The minimum atomic E-state index is -2.86. The molecule has 4 aromatic carbocycles. The van der Waals surface area contributed by atoms with Gasteiger partial charge >= 0.3 is 11.4 Å². The minimum absolute atomic E-state index is 0. The number of nitrogens with zero attached hydrogens (tertiary/aromatic N) is 4. The Labute approximate surface area is 427 Å². The fraction of sp³-hybridized carbons (Fsp3) is 0.364. The summed E-state index contributed by atoms with van der Waals surface area (Å²) in [6, 6.07) is 42.3. The molecule has 73 heavy (non-hydrogen) atoms. The Kier molecular flexibility index (Phi) is 17.8. The second-order valence-electron chi connectivity index (χ2n) is 20.4. The van der Waals surface area contributed by atoms with Crippen LogP contribution in [0, 0.1) is 0 Å². The highest BCUT2D eigenvalue weighted by molar-refractivity contribution is 7.00. The number of amides is 2. The number of benzene rings is 4. The number of H-pyrrole nitrogens is 2. The van der Waals surface area contributed by atoms with E-state index in [1.165, 1.54) is 29.4 Å². The van der Waals surface area contributed by atoms with Crippen molar-refractivity contribution < 1.29 is 28.3 Å². The number of rotatable bonds is 14. The Morgan fingerprint density at radius 3 is 1.25 bits per heavy atom. The number of aromatic amines is 2. The first-order valence-electron chi connectivity index (χ1n) is 24.1.